The fourth-order valence-corrected chi connectivity index (χ4v) is 5.28. The second kappa shape index (κ2) is 11.4. The van der Waals surface area contributed by atoms with Gasteiger partial charge < -0.3 is 19.3 Å². The van der Waals surface area contributed by atoms with Gasteiger partial charge >= 0.3 is 0 Å². The monoisotopic (exact) mass is 530 g/mol. The third kappa shape index (κ3) is 4.98. The van der Waals surface area contributed by atoms with Crippen LogP contribution in [-0.2, 0) is 21.4 Å². The molecule has 1 aliphatic rings. The Morgan fingerprint density at radius 3 is 2.29 bits per heavy atom. The standard InChI is InChI=1S/C30H26O7S/c1-35-24-11-7-8-19-12-14-30(29(19)24,27(33)13-15-38-20-9-5-4-6-10-20)28(34)18-23(32)21-16-25(36-2)26(37-3)17-22(21)31/h4-11,16-17,31H,12,14,18H2,1-3H3/t30-/m1/s1. The fourth-order valence-electron chi connectivity index (χ4n) is 4.73. The van der Waals surface area contributed by atoms with Crippen molar-refractivity contribution in [3.8, 4) is 34.2 Å². The molecule has 0 bridgehead atoms. The van der Waals surface area contributed by atoms with Crippen molar-refractivity contribution in [2.45, 2.75) is 29.6 Å². The minimum absolute atomic E-state index is 0.109. The number of Topliss-reactive ketones (excluding diaryl/α,β-unsaturated/α-hetero) is 3. The number of thioether (sulfide) groups is 1. The number of rotatable bonds is 9. The van der Waals surface area contributed by atoms with Crippen LogP contribution in [0.25, 0.3) is 0 Å². The van der Waals surface area contributed by atoms with Gasteiger partial charge in [0.15, 0.2) is 23.1 Å². The fraction of sp³-hybridized carbons (Fsp3) is 0.233. The molecule has 0 spiro atoms. The highest BCUT2D eigenvalue weighted by Crippen LogP contribution is 2.46. The zero-order valence-electron chi connectivity index (χ0n) is 21.2. The molecule has 38 heavy (non-hydrogen) atoms. The summed E-state index contributed by atoms with van der Waals surface area (Å²) in [7, 11) is 4.27. The largest absolute Gasteiger partial charge is 0.507 e. The summed E-state index contributed by atoms with van der Waals surface area (Å²) in [6, 6.07) is 17.2. The Balaban J connectivity index is 1.72. The molecule has 0 aliphatic heterocycles. The second-order valence-corrected chi connectivity index (χ2v) is 9.50. The smallest absolute Gasteiger partial charge is 0.224 e. The molecule has 0 unspecified atom stereocenters. The van der Waals surface area contributed by atoms with Crippen LogP contribution >= 0.6 is 11.8 Å². The number of benzene rings is 3. The minimum atomic E-state index is -1.67. The van der Waals surface area contributed by atoms with E-state index < -0.39 is 29.2 Å². The maximum absolute atomic E-state index is 13.9. The van der Waals surface area contributed by atoms with Gasteiger partial charge in [0.05, 0.1) is 33.3 Å². The van der Waals surface area contributed by atoms with Crippen LogP contribution in [-0.4, -0.2) is 43.8 Å². The number of fused-ring (bicyclic) bond motifs is 1. The van der Waals surface area contributed by atoms with E-state index in [-0.39, 0.29) is 29.2 Å². The summed E-state index contributed by atoms with van der Waals surface area (Å²) in [5, 5.41) is 13.3. The molecule has 0 aromatic heterocycles. The van der Waals surface area contributed by atoms with Crippen molar-refractivity contribution in [1.82, 2.24) is 0 Å². The summed E-state index contributed by atoms with van der Waals surface area (Å²) in [5.74, 6) is 1.28. The third-order valence-electron chi connectivity index (χ3n) is 6.59. The van der Waals surface area contributed by atoms with E-state index in [0.717, 1.165) is 10.5 Å². The molecular formula is C30H26O7S. The summed E-state index contributed by atoms with van der Waals surface area (Å²) >= 11 is 1.18. The molecule has 1 atom stereocenters. The van der Waals surface area contributed by atoms with Crippen LogP contribution in [0.2, 0.25) is 0 Å². The van der Waals surface area contributed by atoms with Gasteiger partial charge in [0.25, 0.3) is 0 Å². The number of hydrogen-bond acceptors (Lipinski definition) is 8. The summed E-state index contributed by atoms with van der Waals surface area (Å²) in [6.45, 7) is 0. The van der Waals surface area contributed by atoms with Gasteiger partial charge in [-0.3, -0.25) is 14.4 Å². The van der Waals surface area contributed by atoms with Crippen molar-refractivity contribution in [1.29, 1.82) is 0 Å². The van der Waals surface area contributed by atoms with Gasteiger partial charge in [-0.2, -0.15) is 0 Å². The number of carbonyl (C=O) groups excluding carboxylic acids is 3. The molecule has 4 rings (SSSR count). The van der Waals surface area contributed by atoms with Gasteiger partial charge in [0.1, 0.15) is 16.9 Å². The molecule has 3 aromatic carbocycles. The van der Waals surface area contributed by atoms with E-state index >= 15 is 0 Å². The van der Waals surface area contributed by atoms with Crippen LogP contribution < -0.4 is 14.2 Å². The van der Waals surface area contributed by atoms with E-state index in [1.165, 1.54) is 45.2 Å². The molecule has 0 heterocycles. The first kappa shape index (κ1) is 26.8. The van der Waals surface area contributed by atoms with E-state index in [2.05, 4.69) is 11.2 Å². The van der Waals surface area contributed by atoms with Crippen LogP contribution in [0.3, 0.4) is 0 Å². The lowest BCUT2D eigenvalue weighted by Gasteiger charge is -2.26. The number of phenols is 1. The average molecular weight is 531 g/mol. The number of ketones is 3. The Hall–Kier alpha value is -4.22. The first-order valence-corrected chi connectivity index (χ1v) is 12.6. The molecule has 194 valence electrons. The Morgan fingerprint density at radius 1 is 0.921 bits per heavy atom. The molecule has 3 aromatic rings. The van der Waals surface area contributed by atoms with Gasteiger partial charge in [-0.25, -0.2) is 0 Å². The number of methoxy groups -OCH3 is 3. The average Bonchev–Trinajstić information content (AvgIpc) is 3.34. The molecule has 0 radical (unpaired) electrons. The van der Waals surface area contributed by atoms with Crippen LogP contribution in [0.1, 0.15) is 34.3 Å². The summed E-state index contributed by atoms with van der Waals surface area (Å²) in [4.78, 5) is 41.8. The SMILES string of the molecule is COc1cc(O)c(C(=O)CC(=O)[C@]2(C(=O)C#CSc3ccccc3)CCc3cccc(OC)c32)cc1OC. The quantitative estimate of drug-likeness (QED) is 0.183. The zero-order chi connectivity index (χ0) is 27.3. The van der Waals surface area contributed by atoms with Crippen molar-refractivity contribution in [3.63, 3.8) is 0 Å². The Labute approximate surface area is 225 Å². The molecule has 0 amide bonds. The highest BCUT2D eigenvalue weighted by molar-refractivity contribution is 8.04. The van der Waals surface area contributed by atoms with E-state index in [0.29, 0.717) is 17.7 Å². The van der Waals surface area contributed by atoms with Crippen molar-refractivity contribution in [3.05, 3.63) is 77.4 Å². The summed E-state index contributed by atoms with van der Waals surface area (Å²) in [6.07, 6.45) is -0.0106. The predicted octanol–water partition coefficient (Wildman–Crippen LogP) is 4.77. The van der Waals surface area contributed by atoms with Gasteiger partial charge in [0, 0.05) is 16.5 Å². The molecule has 0 saturated carbocycles. The number of aryl methyl sites for hydroxylation is 1. The van der Waals surface area contributed by atoms with Crippen LogP contribution in [0.15, 0.2) is 65.6 Å². The highest BCUT2D eigenvalue weighted by Gasteiger charge is 2.52. The van der Waals surface area contributed by atoms with E-state index in [1.807, 2.05) is 36.4 Å². The second-order valence-electron chi connectivity index (χ2n) is 8.62. The molecule has 0 fully saturated rings. The van der Waals surface area contributed by atoms with Crippen molar-refractivity contribution in [2.75, 3.05) is 21.3 Å². The molecule has 0 saturated heterocycles. The lowest BCUT2D eigenvalue weighted by molar-refractivity contribution is -0.131. The number of aromatic hydroxyl groups is 1. The van der Waals surface area contributed by atoms with E-state index in [4.69, 9.17) is 14.2 Å². The van der Waals surface area contributed by atoms with E-state index in [1.54, 1.807) is 12.1 Å². The van der Waals surface area contributed by atoms with Gasteiger partial charge in [0.2, 0.25) is 5.78 Å². The number of ether oxygens (including phenoxy) is 3. The first-order chi connectivity index (χ1) is 18.3. The van der Waals surface area contributed by atoms with Gasteiger partial charge in [-0.05, 0) is 65.6 Å². The van der Waals surface area contributed by atoms with Crippen molar-refractivity contribution < 1.29 is 33.7 Å². The molecule has 7 nitrogen and oxygen atoms in total. The number of carbonyl (C=O) groups is 3. The van der Waals surface area contributed by atoms with Crippen molar-refractivity contribution >= 4 is 29.1 Å². The third-order valence-corrected chi connectivity index (χ3v) is 7.30. The Bertz CT molecular complexity index is 1450. The molecule has 1 N–H and O–H groups in total. The Kier molecular flexibility index (Phi) is 8.08. The topological polar surface area (TPSA) is 99.1 Å². The predicted molar refractivity (Wildman–Crippen MR) is 143 cm³/mol. The number of phenolic OH excluding ortho intramolecular Hbond substituents is 1. The maximum Gasteiger partial charge on any atom is 0.224 e. The van der Waals surface area contributed by atoms with Gasteiger partial charge in [-0.1, -0.05) is 30.3 Å². The molecular weight excluding hydrogens is 504 g/mol. The maximum atomic E-state index is 13.9. The zero-order valence-corrected chi connectivity index (χ0v) is 22.0. The molecule has 8 heteroatoms. The van der Waals surface area contributed by atoms with Crippen LogP contribution in [0.5, 0.6) is 23.0 Å². The summed E-state index contributed by atoms with van der Waals surface area (Å²) in [5.41, 5.74) is -0.540. The molecule has 1 aliphatic carbocycles. The lowest BCUT2D eigenvalue weighted by atomic mass is 9.72. The van der Waals surface area contributed by atoms with Gasteiger partial charge in [-0.15, -0.1) is 0 Å². The van der Waals surface area contributed by atoms with Crippen molar-refractivity contribution in [2.24, 2.45) is 0 Å². The van der Waals surface area contributed by atoms with Crippen LogP contribution in [0.4, 0.5) is 0 Å². The Morgan fingerprint density at radius 2 is 1.61 bits per heavy atom. The number of hydrogen-bond donors (Lipinski definition) is 1. The first-order valence-electron chi connectivity index (χ1n) is 11.8. The minimum Gasteiger partial charge on any atom is -0.507 e. The van der Waals surface area contributed by atoms with Crippen LogP contribution in [0, 0.1) is 11.2 Å². The van der Waals surface area contributed by atoms with E-state index in [9.17, 15) is 19.5 Å². The normalized spacial score (nSPS) is 15.6. The lowest BCUT2D eigenvalue weighted by Crippen LogP contribution is -2.42. The summed E-state index contributed by atoms with van der Waals surface area (Å²) < 4.78 is 15.9. The highest BCUT2D eigenvalue weighted by atomic mass is 32.2.